The first kappa shape index (κ1) is 10.5. The van der Waals surface area contributed by atoms with Gasteiger partial charge in [0.25, 0.3) is 0 Å². The largest absolute Gasteiger partial charge is 0.367 e. The second-order valence-corrected chi connectivity index (χ2v) is 4.26. The Hall–Kier alpha value is -1.03. The van der Waals surface area contributed by atoms with E-state index in [1.54, 1.807) is 0 Å². The van der Waals surface area contributed by atoms with Crippen LogP contribution < -0.4 is 10.2 Å². The number of hydrogen-bond acceptors (Lipinski definition) is 3. The Morgan fingerprint density at radius 1 is 1.60 bits per heavy atom. The van der Waals surface area contributed by atoms with Crippen molar-refractivity contribution in [2.75, 3.05) is 24.5 Å². The summed E-state index contributed by atoms with van der Waals surface area (Å²) in [4.78, 5) is 2.40. The maximum absolute atomic E-state index is 4.20. The molecule has 1 unspecified atom stereocenters. The lowest BCUT2D eigenvalue weighted by molar-refractivity contribution is 0.549. The minimum absolute atomic E-state index is 0.658. The summed E-state index contributed by atoms with van der Waals surface area (Å²) in [5, 5.41) is 7.77. The van der Waals surface area contributed by atoms with E-state index >= 15 is 0 Å². The summed E-state index contributed by atoms with van der Waals surface area (Å²) in [6, 6.07) is 0.658. The number of nitrogens with one attached hydrogen (secondary N) is 1. The van der Waals surface area contributed by atoms with E-state index in [2.05, 4.69) is 28.4 Å². The van der Waals surface area contributed by atoms with Gasteiger partial charge >= 0.3 is 0 Å². The first-order valence-corrected chi connectivity index (χ1v) is 5.76. The highest BCUT2D eigenvalue weighted by Crippen LogP contribution is 2.18. The molecule has 2 rings (SSSR count). The van der Waals surface area contributed by atoms with Crippen molar-refractivity contribution in [1.29, 1.82) is 0 Å². The van der Waals surface area contributed by atoms with Gasteiger partial charge < -0.3 is 10.2 Å². The van der Waals surface area contributed by atoms with Crippen molar-refractivity contribution in [3.8, 4) is 0 Å². The summed E-state index contributed by atoms with van der Waals surface area (Å²) < 4.78 is 1.86. The van der Waals surface area contributed by atoms with Gasteiger partial charge in [-0.15, -0.1) is 0 Å². The molecule has 84 valence electrons. The van der Waals surface area contributed by atoms with E-state index in [0.717, 1.165) is 19.6 Å². The molecule has 1 saturated heterocycles. The third kappa shape index (κ3) is 2.50. The Balaban J connectivity index is 1.87. The van der Waals surface area contributed by atoms with E-state index in [1.807, 2.05) is 17.9 Å². The Labute approximate surface area is 91.3 Å². The molecular formula is C11H20N4. The van der Waals surface area contributed by atoms with E-state index in [4.69, 9.17) is 0 Å². The van der Waals surface area contributed by atoms with Crippen LogP contribution >= 0.6 is 0 Å². The second kappa shape index (κ2) is 4.66. The number of aryl methyl sites for hydroxylation is 1. The molecule has 0 aliphatic carbocycles. The molecule has 2 heterocycles. The van der Waals surface area contributed by atoms with E-state index in [1.165, 1.54) is 18.5 Å². The van der Waals surface area contributed by atoms with Crippen LogP contribution in [0.3, 0.4) is 0 Å². The summed E-state index contributed by atoms with van der Waals surface area (Å²) in [7, 11) is 1.96. The zero-order valence-electron chi connectivity index (χ0n) is 9.61. The van der Waals surface area contributed by atoms with Gasteiger partial charge in [-0.3, -0.25) is 4.68 Å². The molecule has 0 amide bonds. The molecule has 0 spiro atoms. The number of aromatic nitrogens is 2. The zero-order chi connectivity index (χ0) is 10.7. The van der Waals surface area contributed by atoms with Crippen LogP contribution in [0.1, 0.15) is 19.8 Å². The minimum Gasteiger partial charge on any atom is -0.367 e. The lowest BCUT2D eigenvalue weighted by atomic mass is 10.2. The molecule has 0 radical (unpaired) electrons. The van der Waals surface area contributed by atoms with Crippen molar-refractivity contribution in [3.63, 3.8) is 0 Å². The van der Waals surface area contributed by atoms with Crippen molar-refractivity contribution in [1.82, 2.24) is 15.1 Å². The summed E-state index contributed by atoms with van der Waals surface area (Å²) in [6.07, 6.45) is 6.49. The molecule has 1 N–H and O–H groups in total. The lowest BCUT2D eigenvalue weighted by Crippen LogP contribution is -2.32. The van der Waals surface area contributed by atoms with Crippen molar-refractivity contribution in [2.45, 2.75) is 25.8 Å². The Bertz CT molecular complexity index is 307. The van der Waals surface area contributed by atoms with Crippen molar-refractivity contribution in [3.05, 3.63) is 12.4 Å². The molecule has 1 atom stereocenters. The lowest BCUT2D eigenvalue weighted by Gasteiger charge is -2.16. The molecule has 0 saturated carbocycles. The van der Waals surface area contributed by atoms with Crippen LogP contribution in [0.25, 0.3) is 0 Å². The minimum atomic E-state index is 0.658. The molecule has 15 heavy (non-hydrogen) atoms. The highest BCUT2D eigenvalue weighted by atomic mass is 15.3. The number of hydrogen-bond donors (Lipinski definition) is 1. The van der Waals surface area contributed by atoms with Gasteiger partial charge in [0, 0.05) is 32.4 Å². The summed E-state index contributed by atoms with van der Waals surface area (Å²) in [6.45, 7) is 5.60. The van der Waals surface area contributed by atoms with E-state index in [-0.39, 0.29) is 0 Å². The van der Waals surface area contributed by atoms with Crippen LogP contribution in [0.2, 0.25) is 0 Å². The molecule has 1 aliphatic rings. The average molecular weight is 208 g/mol. The molecule has 1 aromatic rings. The van der Waals surface area contributed by atoms with Gasteiger partial charge in [-0.2, -0.15) is 5.10 Å². The first-order chi connectivity index (χ1) is 7.29. The fourth-order valence-corrected chi connectivity index (χ4v) is 2.08. The molecule has 0 bridgehead atoms. The molecule has 1 aliphatic heterocycles. The zero-order valence-corrected chi connectivity index (χ0v) is 9.61. The third-order valence-electron chi connectivity index (χ3n) is 2.93. The van der Waals surface area contributed by atoms with Gasteiger partial charge in [-0.05, 0) is 19.4 Å². The SMILES string of the molecule is CCCNC1CCN(c2cnn(C)c2)C1. The maximum Gasteiger partial charge on any atom is 0.0752 e. The fraction of sp³-hybridized carbons (Fsp3) is 0.727. The van der Waals surface area contributed by atoms with Crippen LogP contribution in [0.5, 0.6) is 0 Å². The van der Waals surface area contributed by atoms with Crippen LogP contribution in [-0.4, -0.2) is 35.5 Å². The van der Waals surface area contributed by atoms with Crippen molar-refractivity contribution >= 4 is 5.69 Å². The van der Waals surface area contributed by atoms with Gasteiger partial charge in [0.2, 0.25) is 0 Å². The molecule has 0 aromatic carbocycles. The van der Waals surface area contributed by atoms with Crippen LogP contribution in [-0.2, 0) is 7.05 Å². The predicted molar refractivity (Wildman–Crippen MR) is 62.1 cm³/mol. The summed E-state index contributed by atoms with van der Waals surface area (Å²) in [5.41, 5.74) is 1.25. The summed E-state index contributed by atoms with van der Waals surface area (Å²) in [5.74, 6) is 0. The van der Waals surface area contributed by atoms with Crippen molar-refractivity contribution in [2.24, 2.45) is 7.05 Å². The Kier molecular flexibility index (Phi) is 3.26. The quantitative estimate of drug-likeness (QED) is 0.801. The van der Waals surface area contributed by atoms with Crippen molar-refractivity contribution < 1.29 is 0 Å². The molecule has 1 aromatic heterocycles. The number of nitrogens with zero attached hydrogens (tertiary/aromatic N) is 3. The van der Waals surface area contributed by atoms with Crippen LogP contribution in [0.4, 0.5) is 5.69 Å². The normalized spacial score (nSPS) is 21.2. The molecule has 4 heteroatoms. The Morgan fingerprint density at radius 3 is 3.13 bits per heavy atom. The smallest absolute Gasteiger partial charge is 0.0752 e. The highest BCUT2D eigenvalue weighted by Gasteiger charge is 2.22. The second-order valence-electron chi connectivity index (χ2n) is 4.26. The monoisotopic (exact) mass is 208 g/mol. The number of rotatable bonds is 4. The molecule has 4 nitrogen and oxygen atoms in total. The standard InChI is InChI=1S/C11H20N4/c1-3-5-12-10-4-6-15(8-10)11-7-13-14(2)9-11/h7,9-10,12H,3-6,8H2,1-2H3. The van der Waals surface area contributed by atoms with Gasteiger partial charge in [0.1, 0.15) is 0 Å². The van der Waals surface area contributed by atoms with Gasteiger partial charge in [0.05, 0.1) is 11.9 Å². The predicted octanol–water partition coefficient (Wildman–Crippen LogP) is 0.998. The first-order valence-electron chi connectivity index (χ1n) is 5.76. The van der Waals surface area contributed by atoms with Gasteiger partial charge in [0.15, 0.2) is 0 Å². The average Bonchev–Trinajstić information content (AvgIpc) is 2.83. The van der Waals surface area contributed by atoms with Gasteiger partial charge in [-0.1, -0.05) is 6.92 Å². The van der Waals surface area contributed by atoms with Crippen LogP contribution in [0, 0.1) is 0 Å². The topological polar surface area (TPSA) is 33.1 Å². The van der Waals surface area contributed by atoms with E-state index < -0.39 is 0 Å². The highest BCUT2D eigenvalue weighted by molar-refractivity contribution is 5.43. The van der Waals surface area contributed by atoms with Gasteiger partial charge in [-0.25, -0.2) is 0 Å². The number of anilines is 1. The summed E-state index contributed by atoms with van der Waals surface area (Å²) >= 11 is 0. The third-order valence-corrected chi connectivity index (χ3v) is 2.93. The van der Waals surface area contributed by atoms with E-state index in [9.17, 15) is 0 Å². The Morgan fingerprint density at radius 2 is 2.47 bits per heavy atom. The fourth-order valence-electron chi connectivity index (χ4n) is 2.08. The maximum atomic E-state index is 4.20. The van der Waals surface area contributed by atoms with E-state index in [0.29, 0.717) is 6.04 Å². The molecular weight excluding hydrogens is 188 g/mol. The van der Waals surface area contributed by atoms with Crippen LogP contribution in [0.15, 0.2) is 12.4 Å². The molecule has 1 fully saturated rings.